The molecule has 1 saturated heterocycles. The highest BCUT2D eigenvalue weighted by Gasteiger charge is 2.65. The first-order valence-electron chi connectivity index (χ1n) is 15.2. The van der Waals surface area contributed by atoms with Gasteiger partial charge in [0.25, 0.3) is 0 Å². The molecule has 3 atom stereocenters. The second kappa shape index (κ2) is 11.0. The third-order valence-electron chi connectivity index (χ3n) is 9.49. The van der Waals surface area contributed by atoms with Crippen molar-refractivity contribution in [3.05, 3.63) is 35.0 Å². The zero-order valence-corrected chi connectivity index (χ0v) is 24.0. The fourth-order valence-corrected chi connectivity index (χ4v) is 7.55. The van der Waals surface area contributed by atoms with Crippen molar-refractivity contribution in [1.29, 1.82) is 0 Å². The Morgan fingerprint density at radius 2 is 1.74 bits per heavy atom. The van der Waals surface area contributed by atoms with Gasteiger partial charge in [-0.1, -0.05) is 65.4 Å². The average Bonchev–Trinajstić information content (AvgIpc) is 3.27. The molecule has 5 heteroatoms. The van der Waals surface area contributed by atoms with Crippen molar-refractivity contribution in [3.8, 4) is 0 Å². The van der Waals surface area contributed by atoms with Crippen molar-refractivity contribution in [1.82, 2.24) is 9.47 Å². The average molecular weight is 519 g/mol. The van der Waals surface area contributed by atoms with E-state index in [9.17, 15) is 14.4 Å². The summed E-state index contributed by atoms with van der Waals surface area (Å²) in [6.07, 6.45) is 16.0. The van der Waals surface area contributed by atoms with E-state index < -0.39 is 0 Å². The number of aromatic nitrogens is 1. The lowest BCUT2D eigenvalue weighted by molar-refractivity contribution is -0.139. The summed E-state index contributed by atoms with van der Waals surface area (Å²) < 4.78 is 2.04. The number of rotatable bonds is 5. The molecule has 2 aromatic rings. The number of hydrogen-bond acceptors (Lipinski definition) is 3. The molecule has 1 aromatic heterocycles. The van der Waals surface area contributed by atoms with Crippen LogP contribution in [0.15, 0.2) is 18.3 Å². The summed E-state index contributed by atoms with van der Waals surface area (Å²) in [6.45, 7) is 8.20. The van der Waals surface area contributed by atoms with E-state index in [-0.39, 0.29) is 41.5 Å². The molecular weight excluding hydrogens is 472 g/mol. The van der Waals surface area contributed by atoms with Gasteiger partial charge in [-0.25, -0.2) is 0 Å². The molecule has 1 saturated carbocycles. The van der Waals surface area contributed by atoms with Crippen LogP contribution in [0.3, 0.4) is 0 Å². The van der Waals surface area contributed by atoms with E-state index in [0.29, 0.717) is 17.9 Å². The fourth-order valence-electron chi connectivity index (χ4n) is 7.55. The zero-order valence-electron chi connectivity index (χ0n) is 24.0. The molecule has 38 heavy (non-hydrogen) atoms. The van der Waals surface area contributed by atoms with E-state index in [1.165, 1.54) is 49.7 Å². The van der Waals surface area contributed by atoms with Crippen molar-refractivity contribution in [2.45, 2.75) is 130 Å². The quantitative estimate of drug-likeness (QED) is 0.398. The first-order chi connectivity index (χ1) is 18.2. The van der Waals surface area contributed by atoms with Gasteiger partial charge in [-0.2, -0.15) is 0 Å². The molecule has 0 spiro atoms. The van der Waals surface area contributed by atoms with Crippen LogP contribution in [-0.2, 0) is 29.0 Å². The number of Topliss-reactive ketones (excluding diaryl/α,β-unsaturated/α-hetero) is 2. The Morgan fingerprint density at radius 1 is 1.03 bits per heavy atom. The maximum absolute atomic E-state index is 14.0. The van der Waals surface area contributed by atoms with Crippen molar-refractivity contribution in [2.75, 3.05) is 0 Å². The van der Waals surface area contributed by atoms with Gasteiger partial charge >= 0.3 is 0 Å². The van der Waals surface area contributed by atoms with Crippen LogP contribution in [0.25, 0.3) is 10.9 Å². The van der Waals surface area contributed by atoms with Crippen LogP contribution in [0, 0.1) is 11.3 Å². The second-order valence-electron chi connectivity index (χ2n) is 12.9. The van der Waals surface area contributed by atoms with Gasteiger partial charge in [-0.3, -0.25) is 14.4 Å². The van der Waals surface area contributed by atoms with E-state index in [0.717, 1.165) is 49.4 Å². The molecule has 2 bridgehead atoms. The summed E-state index contributed by atoms with van der Waals surface area (Å²) in [4.78, 5) is 41.7. The Bertz CT molecular complexity index is 1220. The molecule has 1 aliphatic carbocycles. The lowest BCUT2D eigenvalue weighted by Crippen LogP contribution is -2.44. The highest BCUT2D eigenvalue weighted by Crippen LogP contribution is 2.62. The van der Waals surface area contributed by atoms with Gasteiger partial charge in [0.15, 0.2) is 11.6 Å². The monoisotopic (exact) mass is 518 g/mol. The summed E-state index contributed by atoms with van der Waals surface area (Å²) in [6, 6.07) is 4.44. The minimum atomic E-state index is -0.281. The molecule has 5 rings (SSSR count). The van der Waals surface area contributed by atoms with Crippen molar-refractivity contribution in [2.24, 2.45) is 11.3 Å². The molecule has 3 aliphatic rings. The smallest absolute Gasteiger partial charge is 0.243 e. The first kappa shape index (κ1) is 27.1. The van der Waals surface area contributed by atoms with Crippen LogP contribution in [0.4, 0.5) is 0 Å². The number of amides is 1. The summed E-state index contributed by atoms with van der Waals surface area (Å²) in [7, 11) is 0. The third-order valence-corrected chi connectivity index (χ3v) is 9.49. The molecule has 1 aromatic carbocycles. The topological polar surface area (TPSA) is 59.4 Å². The predicted octanol–water partition coefficient (Wildman–Crippen LogP) is 7.06. The number of nitrogens with zero attached hydrogens (tertiary/aromatic N) is 2. The Kier molecular flexibility index (Phi) is 7.84. The van der Waals surface area contributed by atoms with Crippen molar-refractivity contribution >= 4 is 28.4 Å². The highest BCUT2D eigenvalue weighted by atomic mass is 16.2. The van der Waals surface area contributed by atoms with E-state index >= 15 is 0 Å². The highest BCUT2D eigenvalue weighted by molar-refractivity contribution is 6.08. The summed E-state index contributed by atoms with van der Waals surface area (Å²) >= 11 is 0. The van der Waals surface area contributed by atoms with Gasteiger partial charge in [-0.15, -0.1) is 0 Å². The van der Waals surface area contributed by atoms with E-state index in [1.54, 1.807) is 6.92 Å². The molecule has 1 amide bonds. The van der Waals surface area contributed by atoms with Crippen LogP contribution >= 0.6 is 0 Å². The molecule has 0 radical (unpaired) electrons. The number of aryl methyl sites for hydroxylation is 1. The van der Waals surface area contributed by atoms with Gasteiger partial charge in [-0.05, 0) is 74.0 Å². The first-order valence-corrected chi connectivity index (χ1v) is 15.2. The molecule has 0 unspecified atom stereocenters. The van der Waals surface area contributed by atoms with Crippen molar-refractivity contribution < 1.29 is 14.4 Å². The second-order valence-corrected chi connectivity index (χ2v) is 12.9. The molecule has 0 N–H and O–H groups in total. The summed E-state index contributed by atoms with van der Waals surface area (Å²) in [5, 5.41) is 0.986. The molecule has 2 fully saturated rings. The summed E-state index contributed by atoms with van der Waals surface area (Å²) in [5.74, 6) is 0.800. The third kappa shape index (κ3) is 5.22. The van der Waals surface area contributed by atoms with Crippen LogP contribution in [0.2, 0.25) is 0 Å². The maximum atomic E-state index is 14.0. The number of ketones is 2. The largest absolute Gasteiger partial charge is 0.337 e. The zero-order chi connectivity index (χ0) is 27.0. The van der Waals surface area contributed by atoms with E-state index in [2.05, 4.69) is 26.0 Å². The van der Waals surface area contributed by atoms with E-state index in [1.807, 2.05) is 22.6 Å². The Hall–Kier alpha value is -2.43. The Labute approximate surface area is 228 Å². The van der Waals surface area contributed by atoms with Crippen LogP contribution < -0.4 is 0 Å². The molecular formula is C33H46N2O3. The predicted molar refractivity (Wildman–Crippen MR) is 153 cm³/mol. The lowest BCUT2D eigenvalue weighted by atomic mass is 9.91. The van der Waals surface area contributed by atoms with Crippen LogP contribution in [0.1, 0.15) is 120 Å². The van der Waals surface area contributed by atoms with Gasteiger partial charge in [0.05, 0.1) is 11.6 Å². The number of benzene rings is 1. The fraction of sp³-hybridized carbons (Fsp3) is 0.667. The van der Waals surface area contributed by atoms with Crippen LogP contribution in [-0.4, -0.2) is 39.0 Å². The molecule has 3 heterocycles. The number of hydrogen-bond donors (Lipinski definition) is 0. The molecule has 5 nitrogen and oxygen atoms in total. The van der Waals surface area contributed by atoms with E-state index in [4.69, 9.17) is 0 Å². The minimum absolute atomic E-state index is 0.0368. The molecule has 2 aliphatic heterocycles. The number of piperidine rings is 1. The van der Waals surface area contributed by atoms with Gasteiger partial charge in [0, 0.05) is 29.6 Å². The van der Waals surface area contributed by atoms with Gasteiger partial charge < -0.3 is 9.47 Å². The standard InChI is InChI=1S/C33H46N2O3/c1-5-29(37)28-18-33-14-12-10-8-6-7-9-11-13-25-16-24(15-22(2)3)17-26-27(23(4)36)20-34(32(25)26)21-31(38)35(28)30(33)19-33/h16-17,20,22,28,30H,5-15,18-19,21H2,1-4H3/t28-,30+,33-/m0/s1. The Balaban J connectivity index is 1.56. The van der Waals surface area contributed by atoms with Crippen LogP contribution in [0.5, 0.6) is 0 Å². The summed E-state index contributed by atoms with van der Waals surface area (Å²) in [5.41, 5.74) is 4.43. The lowest BCUT2D eigenvalue weighted by Gasteiger charge is -2.27. The normalized spacial score (nSPS) is 26.4. The Morgan fingerprint density at radius 3 is 2.42 bits per heavy atom. The number of carbonyl (C=O) groups is 3. The SMILES string of the molecule is CCC(=O)[C@@H]1C[C@]23CCCCCCCCCc4cc(CC(C)C)cc5c(C(C)=O)cn(c45)CC(=O)N1[C@@H]2C3. The van der Waals surface area contributed by atoms with Crippen molar-refractivity contribution in [3.63, 3.8) is 0 Å². The van der Waals surface area contributed by atoms with Gasteiger partial charge in [0.2, 0.25) is 5.91 Å². The van der Waals surface area contributed by atoms with Gasteiger partial charge in [0.1, 0.15) is 6.54 Å². The maximum Gasteiger partial charge on any atom is 0.243 e. The minimum Gasteiger partial charge on any atom is -0.337 e. The number of carbonyl (C=O) groups excluding carboxylic acids is 3. The molecule has 206 valence electrons.